The predicted octanol–water partition coefficient (Wildman–Crippen LogP) is 3.12. The van der Waals surface area contributed by atoms with Crippen LogP contribution >= 0.6 is 0 Å². The number of carboxylic acids is 1. The van der Waals surface area contributed by atoms with Crippen molar-refractivity contribution >= 4 is 11.7 Å². The van der Waals surface area contributed by atoms with E-state index in [-0.39, 0.29) is 11.6 Å². The summed E-state index contributed by atoms with van der Waals surface area (Å²) in [6.07, 6.45) is 3.51. The van der Waals surface area contributed by atoms with Gasteiger partial charge in [0, 0.05) is 6.04 Å². The molecule has 1 unspecified atom stereocenters. The molecule has 0 amide bonds. The molecule has 0 radical (unpaired) electrons. The van der Waals surface area contributed by atoms with Gasteiger partial charge in [-0.3, -0.25) is 0 Å². The Balaban J connectivity index is 2.13. The number of anilines is 1. The van der Waals surface area contributed by atoms with Crippen molar-refractivity contribution in [2.24, 2.45) is 5.92 Å². The van der Waals surface area contributed by atoms with Crippen molar-refractivity contribution in [1.82, 2.24) is 0 Å². The van der Waals surface area contributed by atoms with Crippen molar-refractivity contribution in [2.45, 2.75) is 32.2 Å². The summed E-state index contributed by atoms with van der Waals surface area (Å²) in [5.41, 5.74) is 0.0980. The van der Waals surface area contributed by atoms with E-state index in [2.05, 4.69) is 5.32 Å². The maximum absolute atomic E-state index is 13.4. The molecule has 0 bridgehead atoms. The number of nitrogens with one attached hydrogen (secondary N) is 1. The molecule has 0 spiro atoms. The number of aromatic carboxylic acids is 1. The molecule has 0 saturated heterocycles. The molecule has 0 aliphatic heterocycles. The van der Waals surface area contributed by atoms with Crippen LogP contribution in [0.3, 0.4) is 0 Å². The first-order valence-electron chi connectivity index (χ1n) is 5.86. The van der Waals surface area contributed by atoms with E-state index in [9.17, 15) is 9.18 Å². The van der Waals surface area contributed by atoms with Crippen molar-refractivity contribution < 1.29 is 14.3 Å². The van der Waals surface area contributed by atoms with Gasteiger partial charge < -0.3 is 10.4 Å². The second-order valence-electron chi connectivity index (χ2n) is 4.69. The smallest absolute Gasteiger partial charge is 0.340 e. The number of halogens is 1. The van der Waals surface area contributed by atoms with E-state index in [0.717, 1.165) is 12.3 Å². The Hall–Kier alpha value is -1.58. The van der Waals surface area contributed by atoms with Crippen LogP contribution in [0.4, 0.5) is 10.1 Å². The van der Waals surface area contributed by atoms with Gasteiger partial charge in [-0.2, -0.15) is 0 Å². The summed E-state index contributed by atoms with van der Waals surface area (Å²) in [6.45, 7) is 1.99. The monoisotopic (exact) mass is 237 g/mol. The van der Waals surface area contributed by atoms with Crippen molar-refractivity contribution in [2.75, 3.05) is 5.32 Å². The average Bonchev–Trinajstić information content (AvgIpc) is 3.00. The fourth-order valence-corrected chi connectivity index (χ4v) is 2.04. The Morgan fingerprint density at radius 1 is 1.59 bits per heavy atom. The van der Waals surface area contributed by atoms with Crippen LogP contribution in [0.15, 0.2) is 18.2 Å². The molecule has 1 saturated carbocycles. The van der Waals surface area contributed by atoms with E-state index >= 15 is 0 Å². The Labute approximate surface area is 99.7 Å². The summed E-state index contributed by atoms with van der Waals surface area (Å²) in [5.74, 6) is -1.18. The Kier molecular flexibility index (Phi) is 3.31. The third-order valence-electron chi connectivity index (χ3n) is 3.01. The standard InChI is InChI=1S/C13H16FNO2/c1-8(7-9-5-6-9)15-11-4-2-3-10(14)12(11)13(16)17/h2-4,8-9,15H,5-7H2,1H3,(H,16,17). The molecule has 1 aromatic carbocycles. The highest BCUT2D eigenvalue weighted by atomic mass is 19.1. The Morgan fingerprint density at radius 2 is 2.29 bits per heavy atom. The van der Waals surface area contributed by atoms with Gasteiger partial charge >= 0.3 is 5.97 Å². The van der Waals surface area contributed by atoms with Crippen molar-refractivity contribution in [3.8, 4) is 0 Å². The Morgan fingerprint density at radius 3 is 2.88 bits per heavy atom. The zero-order chi connectivity index (χ0) is 12.4. The van der Waals surface area contributed by atoms with Gasteiger partial charge in [-0.15, -0.1) is 0 Å². The third-order valence-corrected chi connectivity index (χ3v) is 3.01. The Bertz CT molecular complexity index is 429. The van der Waals surface area contributed by atoms with Crippen LogP contribution in [-0.4, -0.2) is 17.1 Å². The molecule has 3 nitrogen and oxygen atoms in total. The minimum absolute atomic E-state index is 0.169. The number of carboxylic acid groups (broad SMARTS) is 1. The quantitative estimate of drug-likeness (QED) is 0.827. The molecule has 1 atom stereocenters. The van der Waals surface area contributed by atoms with Gasteiger partial charge in [0.15, 0.2) is 0 Å². The molecule has 1 fully saturated rings. The molecule has 17 heavy (non-hydrogen) atoms. The second kappa shape index (κ2) is 4.73. The van der Waals surface area contributed by atoms with Crippen molar-refractivity contribution in [3.05, 3.63) is 29.6 Å². The lowest BCUT2D eigenvalue weighted by molar-refractivity contribution is 0.0693. The van der Waals surface area contributed by atoms with Gasteiger partial charge in [0.25, 0.3) is 0 Å². The molecular formula is C13H16FNO2. The van der Waals surface area contributed by atoms with E-state index in [0.29, 0.717) is 5.69 Å². The molecule has 92 valence electrons. The molecule has 0 heterocycles. The lowest BCUT2D eigenvalue weighted by atomic mass is 10.1. The molecule has 4 heteroatoms. The highest BCUT2D eigenvalue weighted by molar-refractivity contribution is 5.94. The summed E-state index contributed by atoms with van der Waals surface area (Å²) < 4.78 is 13.4. The van der Waals surface area contributed by atoms with E-state index in [1.165, 1.54) is 25.0 Å². The maximum Gasteiger partial charge on any atom is 0.340 e. The third kappa shape index (κ3) is 2.96. The fraction of sp³-hybridized carbons (Fsp3) is 0.462. The lowest BCUT2D eigenvalue weighted by Gasteiger charge is -2.16. The van der Waals surface area contributed by atoms with Crippen LogP contribution in [-0.2, 0) is 0 Å². The van der Waals surface area contributed by atoms with Gasteiger partial charge in [0.2, 0.25) is 0 Å². The van der Waals surface area contributed by atoms with E-state index < -0.39 is 11.8 Å². The first-order valence-corrected chi connectivity index (χ1v) is 5.86. The number of hydrogen-bond donors (Lipinski definition) is 2. The number of hydrogen-bond acceptors (Lipinski definition) is 2. The minimum Gasteiger partial charge on any atom is -0.478 e. The summed E-state index contributed by atoms with van der Waals surface area (Å²) in [6, 6.07) is 4.46. The molecule has 1 aliphatic carbocycles. The second-order valence-corrected chi connectivity index (χ2v) is 4.69. The minimum atomic E-state index is -1.23. The molecule has 2 N–H and O–H groups in total. The predicted molar refractivity (Wildman–Crippen MR) is 63.8 cm³/mol. The van der Waals surface area contributed by atoms with E-state index in [1.54, 1.807) is 6.07 Å². The molecular weight excluding hydrogens is 221 g/mol. The molecule has 2 rings (SSSR count). The molecule has 0 aromatic heterocycles. The summed E-state index contributed by atoms with van der Waals surface area (Å²) in [5, 5.41) is 12.1. The highest BCUT2D eigenvalue weighted by Gasteiger charge is 2.24. The zero-order valence-corrected chi connectivity index (χ0v) is 9.74. The normalized spacial score (nSPS) is 16.6. The number of carbonyl (C=O) groups is 1. The molecule has 1 aromatic rings. The summed E-state index contributed by atoms with van der Waals surface area (Å²) >= 11 is 0. The van der Waals surface area contributed by atoms with Gasteiger partial charge in [-0.05, 0) is 31.4 Å². The van der Waals surface area contributed by atoms with Crippen LogP contribution in [0.2, 0.25) is 0 Å². The van der Waals surface area contributed by atoms with Crippen LogP contribution < -0.4 is 5.32 Å². The number of benzene rings is 1. The maximum atomic E-state index is 13.4. The van der Waals surface area contributed by atoms with Crippen LogP contribution in [0, 0.1) is 11.7 Å². The van der Waals surface area contributed by atoms with E-state index in [1.807, 2.05) is 6.92 Å². The highest BCUT2D eigenvalue weighted by Crippen LogP contribution is 2.34. The zero-order valence-electron chi connectivity index (χ0n) is 9.74. The average molecular weight is 237 g/mol. The molecule has 1 aliphatic rings. The SMILES string of the molecule is CC(CC1CC1)Nc1cccc(F)c1C(=O)O. The lowest BCUT2D eigenvalue weighted by Crippen LogP contribution is -2.18. The first kappa shape index (κ1) is 11.9. The topological polar surface area (TPSA) is 49.3 Å². The van der Waals surface area contributed by atoms with Crippen molar-refractivity contribution in [1.29, 1.82) is 0 Å². The first-order chi connectivity index (χ1) is 8.08. The van der Waals surface area contributed by atoms with Crippen LogP contribution in [0.1, 0.15) is 36.5 Å². The fourth-order valence-electron chi connectivity index (χ4n) is 2.04. The summed E-state index contributed by atoms with van der Waals surface area (Å²) in [7, 11) is 0. The van der Waals surface area contributed by atoms with Gasteiger partial charge in [-0.1, -0.05) is 18.9 Å². The number of rotatable bonds is 5. The van der Waals surface area contributed by atoms with Crippen LogP contribution in [0.25, 0.3) is 0 Å². The van der Waals surface area contributed by atoms with E-state index in [4.69, 9.17) is 5.11 Å². The summed E-state index contributed by atoms with van der Waals surface area (Å²) in [4.78, 5) is 11.0. The van der Waals surface area contributed by atoms with Gasteiger partial charge in [-0.25, -0.2) is 9.18 Å². The van der Waals surface area contributed by atoms with Crippen LogP contribution in [0.5, 0.6) is 0 Å². The largest absolute Gasteiger partial charge is 0.478 e. The van der Waals surface area contributed by atoms with Gasteiger partial charge in [0.05, 0.1) is 5.69 Å². The van der Waals surface area contributed by atoms with Gasteiger partial charge in [0.1, 0.15) is 11.4 Å². The van der Waals surface area contributed by atoms with Crippen molar-refractivity contribution in [3.63, 3.8) is 0 Å².